The predicted octanol–water partition coefficient (Wildman–Crippen LogP) is 6.13. The Kier molecular flexibility index (Phi) is 6.44. The lowest BCUT2D eigenvalue weighted by atomic mass is 9.75. The van der Waals surface area contributed by atoms with Crippen molar-refractivity contribution in [1.29, 1.82) is 0 Å². The summed E-state index contributed by atoms with van der Waals surface area (Å²) < 4.78 is 26.7. The average Bonchev–Trinajstić information content (AvgIpc) is 3.33. The Balaban J connectivity index is 1.32. The molecule has 0 aromatic carbocycles. The van der Waals surface area contributed by atoms with Gasteiger partial charge in [-0.25, -0.2) is 4.39 Å². The van der Waals surface area contributed by atoms with Crippen LogP contribution in [0.4, 0.5) is 4.39 Å². The maximum Gasteiger partial charge on any atom is 0.163 e. The third kappa shape index (κ3) is 4.73. The van der Waals surface area contributed by atoms with Crippen molar-refractivity contribution in [3.63, 3.8) is 0 Å². The van der Waals surface area contributed by atoms with Gasteiger partial charge in [0.25, 0.3) is 0 Å². The topological polar surface area (TPSA) is 38.8 Å². The van der Waals surface area contributed by atoms with Gasteiger partial charge in [0.1, 0.15) is 11.6 Å². The molecule has 0 aromatic heterocycles. The zero-order chi connectivity index (χ0) is 24.3. The van der Waals surface area contributed by atoms with E-state index in [9.17, 15) is 9.18 Å². The number of ketones is 1. The van der Waals surface area contributed by atoms with Crippen molar-refractivity contribution in [2.24, 2.45) is 23.2 Å². The van der Waals surface area contributed by atoms with Crippen molar-refractivity contribution in [3.8, 4) is 0 Å². The van der Waals surface area contributed by atoms with E-state index in [4.69, 9.17) is 9.47 Å². The number of Topliss-reactive ketones (excluding diaryl/α,β-unsaturated/α-hetero) is 1. The van der Waals surface area contributed by atoms with Gasteiger partial charge in [-0.15, -0.1) is 0 Å². The van der Waals surface area contributed by atoms with Crippen LogP contribution in [-0.4, -0.2) is 47.8 Å². The van der Waals surface area contributed by atoms with Crippen molar-refractivity contribution in [3.05, 3.63) is 35.2 Å². The number of carbonyl (C=O) groups is 1. The standard InChI is InChI=1S/C29H42FNO3/c1-18-11-21-14-26(31(25(21)15-24(18)30)16-22-17-33-29(4,5)34-22)28(2,3)27(32)23-13-20(23)12-19-9-7-6-8-10-19/h7,9-10,20-23,25-26H,6,8,11-17H2,1-5H3. The molecular weight excluding hydrogens is 429 g/mol. The van der Waals surface area contributed by atoms with E-state index in [-0.39, 0.29) is 29.9 Å². The van der Waals surface area contributed by atoms with Crippen molar-refractivity contribution < 1.29 is 18.7 Å². The molecule has 4 nitrogen and oxygen atoms in total. The van der Waals surface area contributed by atoms with Crippen LogP contribution < -0.4 is 0 Å². The van der Waals surface area contributed by atoms with Gasteiger partial charge in [0.2, 0.25) is 0 Å². The van der Waals surface area contributed by atoms with Gasteiger partial charge in [-0.2, -0.15) is 0 Å². The smallest absolute Gasteiger partial charge is 0.163 e. The Labute approximate surface area is 204 Å². The van der Waals surface area contributed by atoms with Crippen LogP contribution in [0.1, 0.15) is 79.6 Å². The maximum atomic E-state index is 14.7. The van der Waals surface area contributed by atoms with Crippen LogP contribution in [-0.2, 0) is 14.3 Å². The Morgan fingerprint density at radius 3 is 2.71 bits per heavy atom. The molecule has 0 spiro atoms. The number of carbonyl (C=O) groups excluding carboxylic acids is 1. The van der Waals surface area contributed by atoms with E-state index in [0.29, 0.717) is 37.2 Å². The summed E-state index contributed by atoms with van der Waals surface area (Å²) in [6.45, 7) is 11.4. The van der Waals surface area contributed by atoms with Gasteiger partial charge in [0, 0.05) is 36.4 Å². The molecule has 3 aliphatic carbocycles. The second-order valence-electron chi connectivity index (χ2n) is 12.5. The highest BCUT2D eigenvalue weighted by Gasteiger charge is 2.56. The highest BCUT2D eigenvalue weighted by atomic mass is 19.1. The Bertz CT molecular complexity index is 916. The Hall–Kier alpha value is -1.30. The Morgan fingerprint density at radius 2 is 2.03 bits per heavy atom. The molecule has 2 heterocycles. The van der Waals surface area contributed by atoms with Gasteiger partial charge < -0.3 is 9.47 Å². The second-order valence-corrected chi connectivity index (χ2v) is 12.5. The van der Waals surface area contributed by atoms with Gasteiger partial charge in [-0.3, -0.25) is 9.69 Å². The number of ether oxygens (including phenoxy) is 2. The molecule has 2 aliphatic heterocycles. The number of hydrogen-bond donors (Lipinski definition) is 0. The molecule has 5 heteroatoms. The summed E-state index contributed by atoms with van der Waals surface area (Å²) in [6, 6.07) is 0.247. The van der Waals surface area contributed by atoms with Gasteiger partial charge in [-0.05, 0) is 76.7 Å². The monoisotopic (exact) mass is 471 g/mol. The number of rotatable bonds is 7. The predicted molar refractivity (Wildman–Crippen MR) is 132 cm³/mol. The molecule has 5 aliphatic rings. The van der Waals surface area contributed by atoms with Crippen molar-refractivity contribution in [2.45, 2.75) is 104 Å². The van der Waals surface area contributed by atoms with E-state index >= 15 is 0 Å². The zero-order valence-corrected chi connectivity index (χ0v) is 21.6. The molecule has 0 radical (unpaired) electrons. The second kappa shape index (κ2) is 8.97. The minimum Gasteiger partial charge on any atom is -0.348 e. The molecule has 0 N–H and O–H groups in total. The molecule has 5 rings (SSSR count). The van der Waals surface area contributed by atoms with Crippen molar-refractivity contribution in [2.75, 3.05) is 13.2 Å². The van der Waals surface area contributed by atoms with Crippen LogP contribution >= 0.6 is 0 Å². The van der Waals surface area contributed by atoms with E-state index in [1.165, 1.54) is 5.57 Å². The van der Waals surface area contributed by atoms with E-state index in [1.54, 1.807) is 0 Å². The van der Waals surface area contributed by atoms with Crippen LogP contribution in [0.3, 0.4) is 0 Å². The number of nitrogens with zero attached hydrogens (tertiary/aromatic N) is 1. The van der Waals surface area contributed by atoms with E-state index in [1.807, 2.05) is 20.8 Å². The van der Waals surface area contributed by atoms with Crippen LogP contribution in [0.2, 0.25) is 0 Å². The summed E-state index contributed by atoms with van der Waals surface area (Å²) in [4.78, 5) is 16.3. The number of allylic oxidation sites excluding steroid dienone is 5. The fourth-order valence-electron chi connectivity index (χ4n) is 7.06. The molecule has 1 saturated carbocycles. The van der Waals surface area contributed by atoms with E-state index in [2.05, 4.69) is 37.0 Å². The highest BCUT2D eigenvalue weighted by molar-refractivity contribution is 5.89. The van der Waals surface area contributed by atoms with Crippen LogP contribution in [0.5, 0.6) is 0 Å². The summed E-state index contributed by atoms with van der Waals surface area (Å²) >= 11 is 0. The van der Waals surface area contributed by atoms with Crippen LogP contribution in [0.25, 0.3) is 0 Å². The summed E-state index contributed by atoms with van der Waals surface area (Å²) in [5.41, 5.74) is 1.83. The van der Waals surface area contributed by atoms with Gasteiger partial charge >= 0.3 is 0 Å². The molecular formula is C29H42FNO3. The van der Waals surface area contributed by atoms with E-state index in [0.717, 1.165) is 44.1 Å². The zero-order valence-electron chi connectivity index (χ0n) is 21.6. The summed E-state index contributed by atoms with van der Waals surface area (Å²) in [5.74, 6) is 0.905. The van der Waals surface area contributed by atoms with Crippen molar-refractivity contribution in [1.82, 2.24) is 4.90 Å². The lowest BCUT2D eigenvalue weighted by molar-refractivity contribution is -0.144. The largest absolute Gasteiger partial charge is 0.348 e. The lowest BCUT2D eigenvalue weighted by Crippen LogP contribution is -2.51. The third-order valence-corrected chi connectivity index (χ3v) is 9.10. The van der Waals surface area contributed by atoms with Gasteiger partial charge in [0.05, 0.1) is 12.7 Å². The van der Waals surface area contributed by atoms with Crippen LogP contribution in [0.15, 0.2) is 35.2 Å². The quantitative estimate of drug-likeness (QED) is 0.448. The first-order valence-corrected chi connectivity index (χ1v) is 13.4. The fraction of sp³-hybridized carbons (Fsp3) is 0.759. The minimum absolute atomic E-state index is 0.0380. The number of halogens is 1. The molecule has 6 atom stereocenters. The van der Waals surface area contributed by atoms with E-state index < -0.39 is 11.2 Å². The Morgan fingerprint density at radius 1 is 1.24 bits per heavy atom. The normalized spacial score (nSPS) is 37.6. The number of fused-ring (bicyclic) bond motifs is 1. The average molecular weight is 472 g/mol. The minimum atomic E-state index is -0.581. The first-order chi connectivity index (χ1) is 16.0. The molecule has 0 amide bonds. The van der Waals surface area contributed by atoms with Crippen LogP contribution in [0, 0.1) is 23.2 Å². The SMILES string of the molecule is CC1=C(F)CC2C(C1)CC(C(C)(C)C(=O)C1CC1CC1=CCCC=C1)N2CC1COC(C)(C)O1. The molecule has 2 saturated heterocycles. The van der Waals surface area contributed by atoms with Gasteiger partial charge in [0.15, 0.2) is 5.79 Å². The molecule has 188 valence electrons. The molecule has 34 heavy (non-hydrogen) atoms. The molecule has 0 bridgehead atoms. The molecule has 3 fully saturated rings. The summed E-state index contributed by atoms with van der Waals surface area (Å²) in [5, 5.41) is 0. The maximum absolute atomic E-state index is 14.7. The fourth-order valence-corrected chi connectivity index (χ4v) is 7.06. The summed E-state index contributed by atoms with van der Waals surface area (Å²) in [7, 11) is 0. The lowest BCUT2D eigenvalue weighted by Gasteiger charge is -2.41. The first kappa shape index (κ1) is 24.4. The number of likely N-dealkylation sites (tertiary alicyclic amines) is 1. The summed E-state index contributed by atoms with van der Waals surface area (Å²) in [6.07, 6.45) is 13.3. The molecule has 6 unspecified atom stereocenters. The highest BCUT2D eigenvalue weighted by Crippen LogP contribution is 2.53. The molecule has 0 aromatic rings. The van der Waals surface area contributed by atoms with Gasteiger partial charge in [-0.1, -0.05) is 37.6 Å². The third-order valence-electron chi connectivity index (χ3n) is 9.10. The van der Waals surface area contributed by atoms with Crippen molar-refractivity contribution >= 4 is 5.78 Å². The number of hydrogen-bond acceptors (Lipinski definition) is 4. The first-order valence-electron chi connectivity index (χ1n) is 13.4.